The van der Waals surface area contributed by atoms with Crippen LogP contribution in [0, 0.1) is 0 Å². The third kappa shape index (κ3) is 52.2. The molecule has 0 saturated carbocycles. The summed E-state index contributed by atoms with van der Waals surface area (Å²) in [7, 11) is 0. The van der Waals surface area contributed by atoms with E-state index in [0.29, 0.717) is 19.3 Å². The molecule has 0 aromatic rings. The maximum atomic E-state index is 12.8. The van der Waals surface area contributed by atoms with Crippen LogP contribution in [0.5, 0.6) is 0 Å². The highest BCUT2D eigenvalue weighted by atomic mass is 16.6. The second-order valence-electron chi connectivity index (χ2n) is 18.8. The predicted octanol–water partition coefficient (Wildman–Crippen LogP) is 18.7. The minimum absolute atomic E-state index is 0.0794. The fraction of sp³-hybridized carbons (Fsp3) is 0.814. The van der Waals surface area contributed by atoms with Gasteiger partial charge in [-0.25, -0.2) is 0 Å². The zero-order valence-electron chi connectivity index (χ0n) is 43.3. The third-order valence-corrected chi connectivity index (χ3v) is 12.3. The molecule has 0 amide bonds. The number of hydrogen-bond donors (Lipinski definition) is 0. The van der Waals surface area contributed by atoms with Gasteiger partial charge in [0.25, 0.3) is 0 Å². The summed E-state index contributed by atoms with van der Waals surface area (Å²) in [5, 5.41) is 0. The average Bonchev–Trinajstić information content (AvgIpc) is 3.30. The molecule has 0 spiro atoms. The Hall–Kier alpha value is -2.63. The van der Waals surface area contributed by atoms with Crippen LogP contribution < -0.4 is 0 Å². The molecule has 0 N–H and O–H groups in total. The Morgan fingerprint density at radius 3 is 1.00 bits per heavy atom. The van der Waals surface area contributed by atoms with Crippen LogP contribution in [-0.2, 0) is 28.6 Å². The van der Waals surface area contributed by atoms with Crippen molar-refractivity contribution in [2.24, 2.45) is 0 Å². The second-order valence-corrected chi connectivity index (χ2v) is 18.8. The first-order valence-corrected chi connectivity index (χ1v) is 28.1. The minimum atomic E-state index is -0.781. The van der Waals surface area contributed by atoms with Crippen LogP contribution in [0.4, 0.5) is 0 Å². The Bertz CT molecular complexity index is 1140. The molecule has 0 fully saturated rings. The van der Waals surface area contributed by atoms with Gasteiger partial charge in [-0.1, -0.05) is 249 Å². The number of esters is 3. The lowest BCUT2D eigenvalue weighted by Crippen LogP contribution is -2.30. The van der Waals surface area contributed by atoms with Gasteiger partial charge in [0.15, 0.2) is 6.10 Å². The first-order valence-electron chi connectivity index (χ1n) is 28.1. The predicted molar refractivity (Wildman–Crippen MR) is 279 cm³/mol. The number of carbonyl (C=O) groups is 3. The maximum Gasteiger partial charge on any atom is 0.306 e. The van der Waals surface area contributed by atoms with Crippen molar-refractivity contribution < 1.29 is 28.6 Å². The average molecular weight is 911 g/mol. The fourth-order valence-electron chi connectivity index (χ4n) is 8.09. The van der Waals surface area contributed by atoms with Crippen LogP contribution in [0.2, 0.25) is 0 Å². The second kappa shape index (κ2) is 54.0. The number of unbranched alkanes of at least 4 members (excludes halogenated alkanes) is 32. The van der Waals surface area contributed by atoms with Crippen LogP contribution >= 0.6 is 0 Å². The van der Waals surface area contributed by atoms with Crippen LogP contribution in [0.3, 0.4) is 0 Å². The Kier molecular flexibility index (Phi) is 51.8. The van der Waals surface area contributed by atoms with Gasteiger partial charge in [-0.2, -0.15) is 0 Å². The van der Waals surface area contributed by atoms with Crippen LogP contribution in [0.1, 0.15) is 290 Å². The SMILES string of the molecule is CC/C=C\C/C=C\C/C=C\CCCCCCCC(=O)OC[C@H](COC(=O)CCCCCCCCCCCCCCCCCCCCCCC)OC(=O)CCCCCCC/C=C\CCCC. The lowest BCUT2D eigenvalue weighted by atomic mass is 10.0. The molecule has 0 aromatic carbocycles. The quantitative estimate of drug-likeness (QED) is 0.0262. The highest BCUT2D eigenvalue weighted by Crippen LogP contribution is 2.16. The van der Waals surface area contributed by atoms with E-state index in [1.165, 1.54) is 141 Å². The molecule has 0 rings (SSSR count). The van der Waals surface area contributed by atoms with Crippen molar-refractivity contribution in [3.8, 4) is 0 Å². The lowest BCUT2D eigenvalue weighted by Gasteiger charge is -2.18. The molecular formula is C59H106O6. The summed E-state index contributed by atoms with van der Waals surface area (Å²) >= 11 is 0. The molecular weight excluding hydrogens is 805 g/mol. The summed E-state index contributed by atoms with van der Waals surface area (Å²) < 4.78 is 16.8. The molecule has 0 aliphatic heterocycles. The minimum Gasteiger partial charge on any atom is -0.462 e. The van der Waals surface area contributed by atoms with Gasteiger partial charge in [-0.05, 0) is 70.6 Å². The number of ether oxygens (including phenoxy) is 3. The van der Waals surface area contributed by atoms with Crippen molar-refractivity contribution >= 4 is 17.9 Å². The Balaban J connectivity index is 4.27. The van der Waals surface area contributed by atoms with Crippen molar-refractivity contribution in [2.75, 3.05) is 13.2 Å². The van der Waals surface area contributed by atoms with Crippen LogP contribution in [-0.4, -0.2) is 37.2 Å². The molecule has 0 heterocycles. The smallest absolute Gasteiger partial charge is 0.306 e. The molecule has 1 atom stereocenters. The maximum absolute atomic E-state index is 12.8. The molecule has 0 aliphatic carbocycles. The van der Waals surface area contributed by atoms with E-state index in [1.54, 1.807) is 0 Å². The normalized spacial score (nSPS) is 12.4. The summed E-state index contributed by atoms with van der Waals surface area (Å²) in [5.41, 5.74) is 0. The van der Waals surface area contributed by atoms with Gasteiger partial charge in [0.2, 0.25) is 0 Å². The Morgan fingerprint density at radius 1 is 0.323 bits per heavy atom. The molecule has 0 bridgehead atoms. The molecule has 65 heavy (non-hydrogen) atoms. The molecule has 6 heteroatoms. The van der Waals surface area contributed by atoms with E-state index in [9.17, 15) is 14.4 Å². The van der Waals surface area contributed by atoms with Gasteiger partial charge in [0.05, 0.1) is 0 Å². The van der Waals surface area contributed by atoms with Gasteiger partial charge in [-0.3, -0.25) is 14.4 Å². The van der Waals surface area contributed by atoms with Crippen molar-refractivity contribution in [2.45, 2.75) is 297 Å². The van der Waals surface area contributed by atoms with E-state index < -0.39 is 6.10 Å². The van der Waals surface area contributed by atoms with E-state index in [4.69, 9.17) is 14.2 Å². The van der Waals surface area contributed by atoms with E-state index in [1.807, 2.05) is 0 Å². The highest BCUT2D eigenvalue weighted by Gasteiger charge is 2.19. The first-order chi connectivity index (χ1) is 32.0. The van der Waals surface area contributed by atoms with Crippen molar-refractivity contribution in [3.63, 3.8) is 0 Å². The van der Waals surface area contributed by atoms with Crippen molar-refractivity contribution in [1.82, 2.24) is 0 Å². The summed E-state index contributed by atoms with van der Waals surface area (Å²) in [5.74, 6) is -0.895. The highest BCUT2D eigenvalue weighted by molar-refractivity contribution is 5.71. The lowest BCUT2D eigenvalue weighted by molar-refractivity contribution is -0.167. The monoisotopic (exact) mass is 911 g/mol. The molecule has 0 saturated heterocycles. The van der Waals surface area contributed by atoms with Crippen molar-refractivity contribution in [1.29, 1.82) is 0 Å². The molecule has 0 aliphatic rings. The Labute approximate surface area is 403 Å². The molecule has 0 radical (unpaired) electrons. The summed E-state index contributed by atoms with van der Waals surface area (Å²) in [4.78, 5) is 38.0. The van der Waals surface area contributed by atoms with Gasteiger partial charge in [-0.15, -0.1) is 0 Å². The first kappa shape index (κ1) is 62.4. The van der Waals surface area contributed by atoms with E-state index in [2.05, 4.69) is 69.4 Å². The molecule has 0 unspecified atom stereocenters. The zero-order valence-corrected chi connectivity index (χ0v) is 43.3. The van der Waals surface area contributed by atoms with Crippen molar-refractivity contribution in [3.05, 3.63) is 48.6 Å². The third-order valence-electron chi connectivity index (χ3n) is 12.3. The molecule has 378 valence electrons. The number of allylic oxidation sites excluding steroid dienone is 8. The standard InChI is InChI=1S/C59H106O6/c1-4-7-10-13-16-19-22-24-26-27-28-29-30-31-33-35-38-40-43-46-49-52-58(61)64-55-56(65-59(62)53-50-47-44-41-36-21-18-15-12-9-6-3)54-63-57(60)51-48-45-42-39-37-34-32-25-23-20-17-14-11-8-5-2/h8,11,15,17-18,20,25,32,56H,4-7,9-10,12-14,16,19,21-24,26-31,33-55H2,1-3H3/b11-8-,18-15-,20-17-,32-25-/t56-/m1/s1. The Morgan fingerprint density at radius 2 is 0.615 bits per heavy atom. The van der Waals surface area contributed by atoms with E-state index in [-0.39, 0.29) is 31.1 Å². The molecule has 0 aromatic heterocycles. The summed E-state index contributed by atoms with van der Waals surface area (Å²) in [6.45, 7) is 6.50. The van der Waals surface area contributed by atoms with Gasteiger partial charge < -0.3 is 14.2 Å². The zero-order chi connectivity index (χ0) is 47.2. The topological polar surface area (TPSA) is 78.9 Å². The van der Waals surface area contributed by atoms with Crippen LogP contribution in [0.25, 0.3) is 0 Å². The number of hydrogen-bond acceptors (Lipinski definition) is 6. The van der Waals surface area contributed by atoms with Gasteiger partial charge in [0, 0.05) is 19.3 Å². The molecule has 6 nitrogen and oxygen atoms in total. The van der Waals surface area contributed by atoms with E-state index >= 15 is 0 Å². The number of rotatable bonds is 51. The summed E-state index contributed by atoms with van der Waals surface area (Å²) in [6.07, 6.45) is 65.4. The van der Waals surface area contributed by atoms with Gasteiger partial charge >= 0.3 is 17.9 Å². The van der Waals surface area contributed by atoms with Gasteiger partial charge in [0.1, 0.15) is 13.2 Å². The summed E-state index contributed by atoms with van der Waals surface area (Å²) in [6, 6.07) is 0. The van der Waals surface area contributed by atoms with Crippen LogP contribution in [0.15, 0.2) is 48.6 Å². The van der Waals surface area contributed by atoms with E-state index in [0.717, 1.165) is 109 Å². The largest absolute Gasteiger partial charge is 0.462 e. The number of carbonyl (C=O) groups excluding carboxylic acids is 3. The fourth-order valence-corrected chi connectivity index (χ4v) is 8.09.